The summed E-state index contributed by atoms with van der Waals surface area (Å²) in [4.78, 5) is 2.52. The monoisotopic (exact) mass is 274 g/mol. The standard InChI is InChI=1S/C17H26N2O/c1-19(12-13-3-8-16(20-2)9-4-13)17-10-5-14(17)11-18-15-6-7-15/h3-4,8-9,14-15,17-18H,5-7,10-12H2,1-2H3. The van der Waals surface area contributed by atoms with Crippen LogP contribution in [0.1, 0.15) is 31.2 Å². The van der Waals surface area contributed by atoms with E-state index in [-0.39, 0.29) is 0 Å². The molecule has 2 aliphatic carbocycles. The third-order valence-corrected chi connectivity index (χ3v) is 4.78. The smallest absolute Gasteiger partial charge is 0.118 e. The molecule has 0 heterocycles. The molecule has 0 bridgehead atoms. The Hall–Kier alpha value is -1.06. The van der Waals surface area contributed by atoms with Crippen molar-refractivity contribution in [3.05, 3.63) is 29.8 Å². The molecule has 0 amide bonds. The molecular formula is C17H26N2O. The Morgan fingerprint density at radius 1 is 1.15 bits per heavy atom. The van der Waals surface area contributed by atoms with E-state index in [1.54, 1.807) is 7.11 Å². The molecule has 20 heavy (non-hydrogen) atoms. The summed E-state index contributed by atoms with van der Waals surface area (Å²) in [6.07, 6.45) is 5.51. The van der Waals surface area contributed by atoms with E-state index in [1.165, 1.54) is 37.8 Å². The zero-order valence-corrected chi connectivity index (χ0v) is 12.6. The molecular weight excluding hydrogens is 248 g/mol. The Bertz CT molecular complexity index is 427. The maximum Gasteiger partial charge on any atom is 0.118 e. The van der Waals surface area contributed by atoms with Gasteiger partial charge in [-0.3, -0.25) is 4.90 Å². The fraction of sp³-hybridized carbons (Fsp3) is 0.647. The minimum Gasteiger partial charge on any atom is -0.497 e. The van der Waals surface area contributed by atoms with Crippen molar-refractivity contribution in [2.75, 3.05) is 20.7 Å². The molecule has 2 unspecified atom stereocenters. The van der Waals surface area contributed by atoms with Crippen LogP contribution in [-0.4, -0.2) is 37.7 Å². The first-order chi connectivity index (χ1) is 9.76. The summed E-state index contributed by atoms with van der Waals surface area (Å²) in [6.45, 7) is 2.25. The number of benzene rings is 1. The van der Waals surface area contributed by atoms with E-state index in [1.807, 2.05) is 0 Å². The molecule has 0 spiro atoms. The van der Waals surface area contributed by atoms with E-state index in [9.17, 15) is 0 Å². The van der Waals surface area contributed by atoms with Gasteiger partial charge in [-0.05, 0) is 62.9 Å². The van der Waals surface area contributed by atoms with Crippen LogP contribution in [0.4, 0.5) is 0 Å². The van der Waals surface area contributed by atoms with Crippen molar-refractivity contribution in [2.24, 2.45) is 5.92 Å². The molecule has 0 aromatic heterocycles. The highest BCUT2D eigenvalue weighted by atomic mass is 16.5. The fourth-order valence-corrected chi connectivity index (χ4v) is 3.11. The molecule has 1 aromatic rings. The first-order valence-corrected chi connectivity index (χ1v) is 7.83. The van der Waals surface area contributed by atoms with Crippen LogP contribution in [-0.2, 0) is 6.54 Å². The highest BCUT2D eigenvalue weighted by molar-refractivity contribution is 5.27. The van der Waals surface area contributed by atoms with Gasteiger partial charge in [-0.25, -0.2) is 0 Å². The normalized spacial score (nSPS) is 25.6. The number of methoxy groups -OCH3 is 1. The summed E-state index contributed by atoms with van der Waals surface area (Å²) < 4.78 is 5.21. The Labute approximate surface area is 122 Å². The number of hydrogen-bond acceptors (Lipinski definition) is 3. The minimum atomic E-state index is 0.753. The molecule has 1 N–H and O–H groups in total. The number of ether oxygens (including phenoxy) is 1. The lowest BCUT2D eigenvalue weighted by molar-refractivity contribution is 0.0778. The van der Waals surface area contributed by atoms with Gasteiger partial charge in [-0.15, -0.1) is 0 Å². The molecule has 3 heteroatoms. The summed E-state index contributed by atoms with van der Waals surface area (Å²) in [7, 11) is 3.98. The lowest BCUT2D eigenvalue weighted by Crippen LogP contribution is -2.48. The highest BCUT2D eigenvalue weighted by Crippen LogP contribution is 2.32. The zero-order valence-electron chi connectivity index (χ0n) is 12.6. The average molecular weight is 274 g/mol. The molecule has 0 saturated heterocycles. The Balaban J connectivity index is 1.48. The molecule has 1 aromatic carbocycles. The topological polar surface area (TPSA) is 24.5 Å². The van der Waals surface area contributed by atoms with E-state index in [2.05, 4.69) is 41.5 Å². The molecule has 2 atom stereocenters. The number of nitrogens with zero attached hydrogens (tertiary/aromatic N) is 1. The van der Waals surface area contributed by atoms with Crippen LogP contribution in [0.2, 0.25) is 0 Å². The minimum absolute atomic E-state index is 0.753. The lowest BCUT2D eigenvalue weighted by atomic mass is 9.78. The van der Waals surface area contributed by atoms with Crippen molar-refractivity contribution in [2.45, 2.75) is 44.3 Å². The first-order valence-electron chi connectivity index (χ1n) is 7.83. The average Bonchev–Trinajstić information content (AvgIpc) is 3.22. The van der Waals surface area contributed by atoms with Crippen LogP contribution in [0.3, 0.4) is 0 Å². The molecule has 0 aliphatic heterocycles. The molecule has 2 fully saturated rings. The number of hydrogen-bond donors (Lipinski definition) is 1. The van der Waals surface area contributed by atoms with Crippen molar-refractivity contribution >= 4 is 0 Å². The van der Waals surface area contributed by atoms with E-state index in [0.29, 0.717) is 0 Å². The summed E-state index contributed by atoms with van der Waals surface area (Å²) >= 11 is 0. The van der Waals surface area contributed by atoms with Gasteiger partial charge in [-0.2, -0.15) is 0 Å². The summed E-state index contributed by atoms with van der Waals surface area (Å²) in [5.41, 5.74) is 1.37. The second-order valence-electron chi connectivity index (χ2n) is 6.35. The van der Waals surface area contributed by atoms with Gasteiger partial charge in [0.2, 0.25) is 0 Å². The molecule has 3 rings (SSSR count). The lowest BCUT2D eigenvalue weighted by Gasteiger charge is -2.43. The predicted octanol–water partition coefficient (Wildman–Crippen LogP) is 2.66. The Morgan fingerprint density at radius 2 is 1.90 bits per heavy atom. The van der Waals surface area contributed by atoms with E-state index in [4.69, 9.17) is 4.74 Å². The second kappa shape index (κ2) is 6.15. The van der Waals surface area contributed by atoms with E-state index < -0.39 is 0 Å². The van der Waals surface area contributed by atoms with Gasteiger partial charge in [0, 0.05) is 18.6 Å². The van der Waals surface area contributed by atoms with Gasteiger partial charge in [0.15, 0.2) is 0 Å². The Kier molecular flexibility index (Phi) is 4.27. The third-order valence-electron chi connectivity index (χ3n) is 4.78. The van der Waals surface area contributed by atoms with Crippen molar-refractivity contribution in [1.29, 1.82) is 0 Å². The van der Waals surface area contributed by atoms with Crippen LogP contribution >= 0.6 is 0 Å². The fourth-order valence-electron chi connectivity index (χ4n) is 3.11. The zero-order chi connectivity index (χ0) is 13.9. The molecule has 2 aliphatic rings. The van der Waals surface area contributed by atoms with Crippen molar-refractivity contribution in [3.8, 4) is 5.75 Å². The van der Waals surface area contributed by atoms with Crippen LogP contribution in [0.5, 0.6) is 5.75 Å². The molecule has 0 radical (unpaired) electrons. The van der Waals surface area contributed by atoms with Gasteiger partial charge in [-0.1, -0.05) is 12.1 Å². The SMILES string of the molecule is COc1ccc(CN(C)C2CCC2CNC2CC2)cc1. The molecule has 3 nitrogen and oxygen atoms in total. The second-order valence-corrected chi connectivity index (χ2v) is 6.35. The summed E-state index contributed by atoms with van der Waals surface area (Å²) in [6, 6.07) is 10.0. The summed E-state index contributed by atoms with van der Waals surface area (Å²) in [5, 5.41) is 3.68. The molecule has 2 saturated carbocycles. The maximum atomic E-state index is 5.21. The maximum absolute atomic E-state index is 5.21. The van der Waals surface area contributed by atoms with Gasteiger partial charge in [0.25, 0.3) is 0 Å². The van der Waals surface area contributed by atoms with Crippen molar-refractivity contribution in [3.63, 3.8) is 0 Å². The van der Waals surface area contributed by atoms with Crippen molar-refractivity contribution < 1.29 is 4.74 Å². The van der Waals surface area contributed by atoms with Crippen LogP contribution in [0.15, 0.2) is 24.3 Å². The van der Waals surface area contributed by atoms with Crippen LogP contribution in [0, 0.1) is 5.92 Å². The largest absolute Gasteiger partial charge is 0.497 e. The van der Waals surface area contributed by atoms with Crippen LogP contribution < -0.4 is 10.1 Å². The van der Waals surface area contributed by atoms with Gasteiger partial charge < -0.3 is 10.1 Å². The van der Waals surface area contributed by atoms with E-state index in [0.717, 1.165) is 30.3 Å². The van der Waals surface area contributed by atoms with Crippen LogP contribution in [0.25, 0.3) is 0 Å². The number of rotatable bonds is 7. The highest BCUT2D eigenvalue weighted by Gasteiger charge is 2.34. The Morgan fingerprint density at radius 3 is 2.45 bits per heavy atom. The molecule has 110 valence electrons. The van der Waals surface area contributed by atoms with Gasteiger partial charge in [0.05, 0.1) is 7.11 Å². The number of nitrogens with one attached hydrogen (secondary N) is 1. The van der Waals surface area contributed by atoms with Crippen molar-refractivity contribution in [1.82, 2.24) is 10.2 Å². The van der Waals surface area contributed by atoms with Gasteiger partial charge in [0.1, 0.15) is 5.75 Å². The third kappa shape index (κ3) is 3.33. The van der Waals surface area contributed by atoms with Gasteiger partial charge >= 0.3 is 0 Å². The predicted molar refractivity (Wildman–Crippen MR) is 82.0 cm³/mol. The van der Waals surface area contributed by atoms with E-state index >= 15 is 0 Å². The summed E-state index contributed by atoms with van der Waals surface area (Å²) in [5.74, 6) is 1.78. The quantitative estimate of drug-likeness (QED) is 0.827. The first kappa shape index (κ1) is 13.9.